The number of thioether (sulfide) groups is 1. The Labute approximate surface area is 124 Å². The molecule has 110 valence electrons. The van der Waals surface area contributed by atoms with Crippen molar-refractivity contribution >= 4 is 29.3 Å². The maximum atomic E-state index is 11.8. The van der Waals surface area contributed by atoms with E-state index in [-0.39, 0.29) is 11.8 Å². The third-order valence-electron chi connectivity index (χ3n) is 2.67. The van der Waals surface area contributed by atoms with Crippen LogP contribution in [0.25, 0.3) is 0 Å². The van der Waals surface area contributed by atoms with Crippen LogP contribution in [0.2, 0.25) is 0 Å². The Morgan fingerprint density at radius 2 is 1.95 bits per heavy atom. The number of carbonyl (C=O) groups excluding carboxylic acids is 1. The van der Waals surface area contributed by atoms with Crippen LogP contribution in [0.5, 0.6) is 0 Å². The van der Waals surface area contributed by atoms with Crippen molar-refractivity contribution in [2.45, 2.75) is 43.8 Å². The van der Waals surface area contributed by atoms with E-state index >= 15 is 0 Å². The molecule has 1 aromatic rings. The maximum absolute atomic E-state index is 11.8. The maximum Gasteiger partial charge on any atom is 0.316 e. The monoisotopic (exact) mass is 295 g/mol. The molecule has 0 bridgehead atoms. The first kappa shape index (κ1) is 16.6. The standard InChI is InChI=1S/C15H21NO3S/c1-4-12(15(18)19)20-13-8-6-5-7-11(13)16-14(17)9-10(2)3/h5-8,10,12H,4,9H2,1-3H3,(H,16,17)(H,18,19)/t12-/m0/s1. The molecule has 1 rings (SSSR count). The summed E-state index contributed by atoms with van der Waals surface area (Å²) in [5.41, 5.74) is 0.683. The molecule has 0 aromatic heterocycles. The lowest BCUT2D eigenvalue weighted by atomic mass is 10.1. The number of anilines is 1. The van der Waals surface area contributed by atoms with Crippen LogP contribution in [-0.2, 0) is 9.59 Å². The third-order valence-corrected chi connectivity index (χ3v) is 4.10. The fourth-order valence-corrected chi connectivity index (χ4v) is 2.68. The highest BCUT2D eigenvalue weighted by atomic mass is 32.2. The molecule has 0 radical (unpaired) electrons. The number of rotatable bonds is 7. The summed E-state index contributed by atoms with van der Waals surface area (Å²) in [5.74, 6) is -0.588. The average molecular weight is 295 g/mol. The van der Waals surface area contributed by atoms with Gasteiger partial charge in [-0.05, 0) is 24.5 Å². The van der Waals surface area contributed by atoms with Crippen LogP contribution in [0.15, 0.2) is 29.2 Å². The van der Waals surface area contributed by atoms with Gasteiger partial charge in [-0.25, -0.2) is 0 Å². The van der Waals surface area contributed by atoms with Gasteiger partial charge in [0.1, 0.15) is 5.25 Å². The zero-order valence-corrected chi connectivity index (χ0v) is 12.9. The van der Waals surface area contributed by atoms with E-state index in [0.717, 1.165) is 4.90 Å². The van der Waals surface area contributed by atoms with Crippen LogP contribution in [0.1, 0.15) is 33.6 Å². The minimum Gasteiger partial charge on any atom is -0.480 e. The fourth-order valence-electron chi connectivity index (χ4n) is 1.71. The smallest absolute Gasteiger partial charge is 0.316 e. The number of nitrogens with one attached hydrogen (secondary N) is 1. The molecule has 0 saturated carbocycles. The molecule has 0 aliphatic heterocycles. The van der Waals surface area contributed by atoms with E-state index in [1.165, 1.54) is 11.8 Å². The Hall–Kier alpha value is -1.49. The van der Waals surface area contributed by atoms with Crippen LogP contribution in [-0.4, -0.2) is 22.2 Å². The van der Waals surface area contributed by atoms with Crippen molar-refractivity contribution in [2.24, 2.45) is 5.92 Å². The van der Waals surface area contributed by atoms with Gasteiger partial charge in [-0.3, -0.25) is 9.59 Å². The number of hydrogen-bond donors (Lipinski definition) is 2. The predicted molar refractivity (Wildman–Crippen MR) is 82.1 cm³/mol. The van der Waals surface area contributed by atoms with Gasteiger partial charge in [-0.2, -0.15) is 0 Å². The van der Waals surface area contributed by atoms with Crippen LogP contribution < -0.4 is 5.32 Å². The van der Waals surface area contributed by atoms with Crippen molar-refractivity contribution in [1.29, 1.82) is 0 Å². The summed E-state index contributed by atoms with van der Waals surface area (Å²) in [6.07, 6.45) is 0.989. The highest BCUT2D eigenvalue weighted by Gasteiger charge is 2.18. The highest BCUT2D eigenvalue weighted by Crippen LogP contribution is 2.32. The summed E-state index contributed by atoms with van der Waals surface area (Å²) in [6.45, 7) is 5.81. The molecule has 0 aliphatic carbocycles. The van der Waals surface area contributed by atoms with E-state index in [4.69, 9.17) is 5.11 Å². The Morgan fingerprint density at radius 1 is 1.30 bits per heavy atom. The predicted octanol–water partition coefficient (Wildman–Crippen LogP) is 3.63. The van der Waals surface area contributed by atoms with Gasteiger partial charge >= 0.3 is 5.97 Å². The first-order valence-electron chi connectivity index (χ1n) is 6.72. The zero-order valence-electron chi connectivity index (χ0n) is 12.1. The van der Waals surface area contributed by atoms with Crippen molar-refractivity contribution in [2.75, 3.05) is 5.32 Å². The first-order chi connectivity index (χ1) is 9.43. The molecule has 20 heavy (non-hydrogen) atoms. The molecule has 2 N–H and O–H groups in total. The Kier molecular flexibility index (Phi) is 6.58. The van der Waals surface area contributed by atoms with Crippen LogP contribution in [0, 0.1) is 5.92 Å². The molecule has 4 nitrogen and oxygen atoms in total. The second-order valence-corrected chi connectivity index (χ2v) is 6.24. The summed E-state index contributed by atoms with van der Waals surface area (Å²) in [7, 11) is 0. The molecular formula is C15H21NO3S. The van der Waals surface area contributed by atoms with E-state index in [9.17, 15) is 9.59 Å². The molecule has 0 unspecified atom stereocenters. The van der Waals surface area contributed by atoms with Crippen molar-refractivity contribution in [3.8, 4) is 0 Å². The summed E-state index contributed by atoms with van der Waals surface area (Å²) >= 11 is 1.27. The van der Waals surface area contributed by atoms with E-state index in [2.05, 4.69) is 5.32 Å². The van der Waals surface area contributed by atoms with E-state index < -0.39 is 11.2 Å². The number of amides is 1. The van der Waals surface area contributed by atoms with E-state index in [1.54, 1.807) is 6.07 Å². The number of carboxylic acid groups (broad SMARTS) is 1. The van der Waals surface area contributed by atoms with Crippen LogP contribution in [0.4, 0.5) is 5.69 Å². The largest absolute Gasteiger partial charge is 0.480 e. The van der Waals surface area contributed by atoms with Crippen LogP contribution >= 0.6 is 11.8 Å². The van der Waals surface area contributed by atoms with Gasteiger partial charge in [0.15, 0.2) is 0 Å². The Balaban J connectivity index is 2.82. The molecule has 0 fully saturated rings. The molecule has 0 heterocycles. The van der Waals surface area contributed by atoms with E-state index in [1.807, 2.05) is 39.0 Å². The second-order valence-electron chi connectivity index (χ2n) is 5.00. The number of carbonyl (C=O) groups is 2. The van der Waals surface area contributed by atoms with Crippen molar-refractivity contribution < 1.29 is 14.7 Å². The fraction of sp³-hybridized carbons (Fsp3) is 0.467. The molecule has 1 amide bonds. The first-order valence-corrected chi connectivity index (χ1v) is 7.60. The third kappa shape index (κ3) is 5.25. The molecule has 1 aromatic carbocycles. The average Bonchev–Trinajstić information content (AvgIpc) is 2.36. The van der Waals surface area contributed by atoms with Crippen LogP contribution in [0.3, 0.4) is 0 Å². The van der Waals surface area contributed by atoms with Gasteiger partial charge in [0, 0.05) is 11.3 Å². The molecule has 1 atom stereocenters. The van der Waals surface area contributed by atoms with Crippen molar-refractivity contribution in [3.63, 3.8) is 0 Å². The van der Waals surface area contributed by atoms with Gasteiger partial charge in [-0.1, -0.05) is 32.9 Å². The Morgan fingerprint density at radius 3 is 2.50 bits per heavy atom. The molecule has 0 saturated heterocycles. The molecule has 5 heteroatoms. The minimum atomic E-state index is -0.833. The van der Waals surface area contributed by atoms with Gasteiger partial charge in [-0.15, -0.1) is 11.8 Å². The highest BCUT2D eigenvalue weighted by molar-refractivity contribution is 8.00. The number of benzene rings is 1. The molecular weight excluding hydrogens is 274 g/mol. The Bertz CT molecular complexity index is 474. The summed E-state index contributed by atoms with van der Waals surface area (Å²) < 4.78 is 0. The number of aliphatic carboxylic acids is 1. The number of carboxylic acids is 1. The quantitative estimate of drug-likeness (QED) is 0.754. The number of hydrogen-bond acceptors (Lipinski definition) is 3. The van der Waals surface area contributed by atoms with Gasteiger partial charge in [0.05, 0.1) is 5.69 Å². The lowest BCUT2D eigenvalue weighted by molar-refractivity contribution is -0.136. The van der Waals surface area contributed by atoms with Gasteiger partial charge in [0.2, 0.25) is 5.91 Å². The zero-order chi connectivity index (χ0) is 15.1. The topological polar surface area (TPSA) is 66.4 Å². The number of para-hydroxylation sites is 1. The van der Waals surface area contributed by atoms with E-state index in [0.29, 0.717) is 18.5 Å². The minimum absolute atomic E-state index is 0.0450. The lowest BCUT2D eigenvalue weighted by Gasteiger charge is -2.14. The molecule has 0 spiro atoms. The summed E-state index contributed by atoms with van der Waals surface area (Å²) in [4.78, 5) is 23.7. The normalized spacial score (nSPS) is 12.2. The van der Waals surface area contributed by atoms with Crippen molar-refractivity contribution in [3.05, 3.63) is 24.3 Å². The van der Waals surface area contributed by atoms with Gasteiger partial charge in [0.25, 0.3) is 0 Å². The molecule has 0 aliphatic rings. The summed E-state index contributed by atoms with van der Waals surface area (Å²) in [5, 5.41) is 11.5. The lowest BCUT2D eigenvalue weighted by Crippen LogP contribution is -2.17. The second kappa shape index (κ2) is 7.94. The SMILES string of the molecule is CC[C@H](Sc1ccccc1NC(=O)CC(C)C)C(=O)O. The van der Waals surface area contributed by atoms with Gasteiger partial charge < -0.3 is 10.4 Å². The summed E-state index contributed by atoms with van der Waals surface area (Å²) in [6, 6.07) is 7.31. The van der Waals surface area contributed by atoms with Crippen molar-refractivity contribution in [1.82, 2.24) is 0 Å².